The van der Waals surface area contributed by atoms with E-state index in [9.17, 15) is 0 Å². The molecular weight excluding hydrogens is 322 g/mol. The second-order valence-electron chi connectivity index (χ2n) is 5.78. The highest BCUT2D eigenvalue weighted by atomic mass is 35.5. The number of nitrogens with one attached hydrogen (secondary N) is 1. The standard InChI is InChI=1S/C19H21N3O.ClH/c1-14-13-22(18(20)12-15-8-4-3-5-9-15)21-19(14)16-10-6-7-11-17(16)23-2;/h3-11,14,20H,12-13H2,1-2H3;1H. The third kappa shape index (κ3) is 3.77. The van der Waals surface area contributed by atoms with Crippen LogP contribution in [-0.4, -0.2) is 30.2 Å². The third-order valence-electron chi connectivity index (χ3n) is 4.05. The number of amidine groups is 1. The first kappa shape index (κ1) is 18.0. The SMILES string of the molecule is COc1ccccc1C1=NN(C(=N)Cc2ccccc2)CC1C.Cl. The number of nitrogens with zero attached hydrogens (tertiary/aromatic N) is 2. The molecule has 1 atom stereocenters. The number of hydrogen-bond acceptors (Lipinski definition) is 3. The Bertz CT molecular complexity index is 730. The van der Waals surface area contributed by atoms with Gasteiger partial charge in [-0.25, -0.2) is 0 Å². The molecule has 2 aromatic rings. The first-order valence-electron chi connectivity index (χ1n) is 7.80. The number of benzene rings is 2. The maximum absolute atomic E-state index is 8.35. The van der Waals surface area contributed by atoms with Crippen LogP contribution in [0.15, 0.2) is 59.7 Å². The fourth-order valence-electron chi connectivity index (χ4n) is 2.84. The maximum atomic E-state index is 8.35. The highest BCUT2D eigenvalue weighted by molar-refractivity contribution is 6.06. The summed E-state index contributed by atoms with van der Waals surface area (Å²) in [5, 5.41) is 14.8. The molecule has 0 saturated carbocycles. The largest absolute Gasteiger partial charge is 0.496 e. The van der Waals surface area contributed by atoms with Gasteiger partial charge >= 0.3 is 0 Å². The molecule has 0 bridgehead atoms. The predicted molar refractivity (Wildman–Crippen MR) is 101 cm³/mol. The summed E-state index contributed by atoms with van der Waals surface area (Å²) in [6.45, 7) is 2.88. The monoisotopic (exact) mass is 343 g/mol. The minimum atomic E-state index is 0. The van der Waals surface area contributed by atoms with E-state index in [1.165, 1.54) is 0 Å². The van der Waals surface area contributed by atoms with Gasteiger partial charge in [-0.15, -0.1) is 12.4 Å². The average Bonchev–Trinajstić information content (AvgIpc) is 2.97. The topological polar surface area (TPSA) is 48.7 Å². The Hall–Kier alpha value is -2.33. The van der Waals surface area contributed by atoms with E-state index in [2.05, 4.69) is 12.0 Å². The van der Waals surface area contributed by atoms with Crippen LogP contribution in [0.5, 0.6) is 5.75 Å². The van der Waals surface area contributed by atoms with Gasteiger partial charge in [-0.1, -0.05) is 49.4 Å². The molecule has 0 fully saturated rings. The molecule has 1 unspecified atom stereocenters. The van der Waals surface area contributed by atoms with Crippen LogP contribution < -0.4 is 4.74 Å². The molecule has 0 spiro atoms. The number of hydrazone groups is 1. The van der Waals surface area contributed by atoms with Gasteiger partial charge in [0.1, 0.15) is 11.6 Å². The molecule has 126 valence electrons. The summed E-state index contributed by atoms with van der Waals surface area (Å²) < 4.78 is 5.44. The van der Waals surface area contributed by atoms with E-state index in [-0.39, 0.29) is 18.3 Å². The molecule has 24 heavy (non-hydrogen) atoms. The zero-order chi connectivity index (χ0) is 16.2. The van der Waals surface area contributed by atoms with E-state index in [4.69, 9.17) is 10.1 Å². The van der Waals surface area contributed by atoms with Crippen molar-refractivity contribution in [2.45, 2.75) is 13.3 Å². The van der Waals surface area contributed by atoms with Gasteiger partial charge in [0.2, 0.25) is 0 Å². The molecule has 0 aromatic heterocycles. The van der Waals surface area contributed by atoms with Crippen molar-refractivity contribution in [3.63, 3.8) is 0 Å². The Morgan fingerprint density at radius 3 is 2.54 bits per heavy atom. The van der Waals surface area contributed by atoms with Crippen LogP contribution in [0.25, 0.3) is 0 Å². The third-order valence-corrected chi connectivity index (χ3v) is 4.05. The number of rotatable bonds is 4. The van der Waals surface area contributed by atoms with Gasteiger partial charge in [0.15, 0.2) is 0 Å². The van der Waals surface area contributed by atoms with E-state index in [0.717, 1.165) is 29.1 Å². The molecule has 1 aliphatic rings. The predicted octanol–water partition coefficient (Wildman–Crippen LogP) is 3.99. The highest BCUT2D eigenvalue weighted by Crippen LogP contribution is 2.26. The second kappa shape index (κ2) is 7.97. The lowest BCUT2D eigenvalue weighted by atomic mass is 9.98. The lowest BCUT2D eigenvalue weighted by Crippen LogP contribution is -2.26. The molecule has 0 amide bonds. The van der Waals surface area contributed by atoms with Crippen molar-refractivity contribution < 1.29 is 4.74 Å². The van der Waals surface area contributed by atoms with E-state index < -0.39 is 0 Å². The van der Waals surface area contributed by atoms with Gasteiger partial charge in [0.05, 0.1) is 19.4 Å². The Balaban J connectivity index is 0.00000208. The number of ether oxygens (including phenoxy) is 1. The van der Waals surface area contributed by atoms with Crippen molar-refractivity contribution in [2.75, 3.05) is 13.7 Å². The quantitative estimate of drug-likeness (QED) is 0.674. The Labute approximate surface area is 149 Å². The summed E-state index contributed by atoms with van der Waals surface area (Å²) >= 11 is 0. The molecule has 1 aliphatic heterocycles. The number of methoxy groups -OCH3 is 1. The van der Waals surface area contributed by atoms with Crippen LogP contribution in [-0.2, 0) is 6.42 Å². The first-order chi connectivity index (χ1) is 11.2. The molecule has 0 aliphatic carbocycles. The Kier molecular flexibility index (Phi) is 5.99. The van der Waals surface area contributed by atoms with Crippen LogP contribution in [0, 0.1) is 11.3 Å². The van der Waals surface area contributed by atoms with Crippen molar-refractivity contribution >= 4 is 24.0 Å². The van der Waals surface area contributed by atoms with Gasteiger partial charge in [-0.3, -0.25) is 10.4 Å². The highest BCUT2D eigenvalue weighted by Gasteiger charge is 2.27. The summed E-state index contributed by atoms with van der Waals surface area (Å²) in [5.74, 6) is 1.62. The minimum Gasteiger partial charge on any atom is -0.496 e. The van der Waals surface area contributed by atoms with Gasteiger partial charge in [-0.2, -0.15) is 5.10 Å². The smallest absolute Gasteiger partial charge is 0.127 e. The molecule has 1 N–H and O–H groups in total. The van der Waals surface area contributed by atoms with Gasteiger partial charge in [-0.05, 0) is 17.7 Å². The fourth-order valence-corrected chi connectivity index (χ4v) is 2.84. The first-order valence-corrected chi connectivity index (χ1v) is 7.80. The molecule has 5 heteroatoms. The zero-order valence-electron chi connectivity index (χ0n) is 13.9. The summed E-state index contributed by atoms with van der Waals surface area (Å²) in [6, 6.07) is 18.0. The Morgan fingerprint density at radius 1 is 1.17 bits per heavy atom. The van der Waals surface area contributed by atoms with Crippen molar-refractivity contribution in [2.24, 2.45) is 11.0 Å². The molecular formula is C19H22ClN3O. The molecule has 0 saturated heterocycles. The minimum absolute atomic E-state index is 0. The number of para-hydroxylation sites is 1. The van der Waals surface area contributed by atoms with Gasteiger partial charge in [0, 0.05) is 17.9 Å². The van der Waals surface area contributed by atoms with E-state index in [1.807, 2.05) is 54.6 Å². The number of hydrogen-bond donors (Lipinski definition) is 1. The van der Waals surface area contributed by atoms with Crippen molar-refractivity contribution in [1.29, 1.82) is 5.41 Å². The van der Waals surface area contributed by atoms with Crippen molar-refractivity contribution in [3.8, 4) is 5.75 Å². The van der Waals surface area contributed by atoms with E-state index >= 15 is 0 Å². The lowest BCUT2D eigenvalue weighted by molar-refractivity contribution is 0.413. The molecule has 2 aromatic carbocycles. The summed E-state index contributed by atoms with van der Waals surface area (Å²) in [5.41, 5.74) is 3.13. The molecule has 4 nitrogen and oxygen atoms in total. The van der Waals surface area contributed by atoms with Crippen LogP contribution in [0.1, 0.15) is 18.1 Å². The summed E-state index contributed by atoms with van der Waals surface area (Å²) in [6.07, 6.45) is 0.594. The second-order valence-corrected chi connectivity index (χ2v) is 5.78. The maximum Gasteiger partial charge on any atom is 0.127 e. The van der Waals surface area contributed by atoms with Crippen molar-refractivity contribution in [3.05, 3.63) is 65.7 Å². The van der Waals surface area contributed by atoms with Crippen LogP contribution in [0.4, 0.5) is 0 Å². The van der Waals surface area contributed by atoms with Crippen LogP contribution in [0.2, 0.25) is 0 Å². The zero-order valence-corrected chi connectivity index (χ0v) is 14.7. The van der Waals surface area contributed by atoms with Gasteiger partial charge in [0.25, 0.3) is 0 Å². The molecule has 0 radical (unpaired) electrons. The average molecular weight is 344 g/mol. The summed E-state index contributed by atoms with van der Waals surface area (Å²) in [4.78, 5) is 0. The summed E-state index contributed by atoms with van der Waals surface area (Å²) in [7, 11) is 1.67. The van der Waals surface area contributed by atoms with Crippen molar-refractivity contribution in [1.82, 2.24) is 5.01 Å². The van der Waals surface area contributed by atoms with Crippen LogP contribution >= 0.6 is 12.4 Å². The van der Waals surface area contributed by atoms with Gasteiger partial charge < -0.3 is 4.74 Å². The molecule has 1 heterocycles. The lowest BCUT2D eigenvalue weighted by Gasteiger charge is -2.15. The normalized spacial score (nSPS) is 16.3. The molecule has 3 rings (SSSR count). The van der Waals surface area contributed by atoms with Crippen LogP contribution in [0.3, 0.4) is 0 Å². The number of halogens is 1. The fraction of sp³-hybridized carbons (Fsp3) is 0.263. The Morgan fingerprint density at radius 2 is 1.83 bits per heavy atom. The van der Waals surface area contributed by atoms with E-state index in [0.29, 0.717) is 12.3 Å². The van der Waals surface area contributed by atoms with E-state index in [1.54, 1.807) is 12.1 Å².